The van der Waals surface area contributed by atoms with Crippen LogP contribution in [0, 0.1) is 11.7 Å². The van der Waals surface area contributed by atoms with Crippen molar-refractivity contribution < 1.29 is 9.18 Å². The Bertz CT molecular complexity index is 710. The number of nitrogens with zero attached hydrogens (tertiary/aromatic N) is 1. The molecule has 2 aliphatic rings. The first-order valence-electron chi connectivity index (χ1n) is 7.68. The molecule has 22 heavy (non-hydrogen) atoms. The molecule has 2 aromatic rings. The van der Waals surface area contributed by atoms with Crippen LogP contribution in [0.2, 0.25) is 0 Å². The van der Waals surface area contributed by atoms with Gasteiger partial charge in [-0.15, -0.1) is 11.3 Å². The number of amides is 1. The van der Waals surface area contributed by atoms with Gasteiger partial charge in [0.05, 0.1) is 17.2 Å². The molecule has 0 bridgehead atoms. The van der Waals surface area contributed by atoms with E-state index < -0.39 is 0 Å². The molecule has 5 heteroatoms. The Kier molecular flexibility index (Phi) is 3.45. The van der Waals surface area contributed by atoms with Crippen molar-refractivity contribution in [2.24, 2.45) is 5.92 Å². The van der Waals surface area contributed by atoms with E-state index in [1.165, 1.54) is 30.0 Å². The minimum Gasteiger partial charge on any atom is -0.350 e. The van der Waals surface area contributed by atoms with Gasteiger partial charge in [0.15, 0.2) is 0 Å². The molecule has 0 aliphatic heterocycles. The summed E-state index contributed by atoms with van der Waals surface area (Å²) in [5, 5.41) is 6.19. The maximum absolute atomic E-state index is 13.2. The number of nitrogens with one attached hydrogen (secondary N) is 1. The van der Waals surface area contributed by atoms with Gasteiger partial charge in [-0.05, 0) is 42.9 Å². The number of carbonyl (C=O) groups excluding carboxylic acids is 1. The van der Waals surface area contributed by atoms with Crippen LogP contribution in [0.15, 0.2) is 29.6 Å². The Labute approximate surface area is 132 Å². The Morgan fingerprint density at radius 1 is 1.41 bits per heavy atom. The molecular formula is C17H17FN2OS. The summed E-state index contributed by atoms with van der Waals surface area (Å²) in [7, 11) is 0. The molecule has 3 nitrogen and oxygen atoms in total. The van der Waals surface area contributed by atoms with Gasteiger partial charge in [0, 0.05) is 17.2 Å². The lowest BCUT2D eigenvalue weighted by Gasteiger charge is -2.03. The maximum atomic E-state index is 13.2. The number of thiazole rings is 1. The summed E-state index contributed by atoms with van der Waals surface area (Å²) in [5.74, 6) is 0.612. The zero-order valence-corrected chi connectivity index (χ0v) is 12.9. The third-order valence-electron chi connectivity index (χ3n) is 4.34. The first kappa shape index (κ1) is 13.9. The van der Waals surface area contributed by atoms with Gasteiger partial charge in [-0.2, -0.15) is 0 Å². The zero-order chi connectivity index (χ0) is 15.1. The summed E-state index contributed by atoms with van der Waals surface area (Å²) in [6, 6.07) is 6.55. The first-order valence-corrected chi connectivity index (χ1v) is 8.56. The van der Waals surface area contributed by atoms with Crippen LogP contribution < -0.4 is 5.32 Å². The quantitative estimate of drug-likeness (QED) is 0.916. The van der Waals surface area contributed by atoms with E-state index in [-0.39, 0.29) is 23.6 Å². The molecular weight excluding hydrogens is 299 g/mol. The van der Waals surface area contributed by atoms with Crippen molar-refractivity contribution in [2.75, 3.05) is 0 Å². The first-order chi connectivity index (χ1) is 10.7. The summed E-state index contributed by atoms with van der Waals surface area (Å²) < 4.78 is 13.2. The number of aromatic nitrogens is 1. The Morgan fingerprint density at radius 3 is 3.05 bits per heavy atom. The molecule has 1 aromatic heterocycles. The highest BCUT2D eigenvalue weighted by molar-refractivity contribution is 7.09. The summed E-state index contributed by atoms with van der Waals surface area (Å²) in [5.41, 5.74) is 1.87. The fourth-order valence-corrected chi connectivity index (χ4v) is 3.81. The minimum atomic E-state index is -0.237. The standard InChI is InChI=1S/C17H17FN2OS/c18-12-3-1-2-11(6-12)14-7-15(14)16(21)19-8-13-9-22-17(20-13)10-4-5-10/h1-3,6,9-10,14-15H,4-5,7-8H2,(H,19,21). The van der Waals surface area contributed by atoms with Crippen LogP contribution in [0.4, 0.5) is 4.39 Å². The lowest BCUT2D eigenvalue weighted by molar-refractivity contribution is -0.122. The van der Waals surface area contributed by atoms with Crippen LogP contribution in [0.25, 0.3) is 0 Å². The van der Waals surface area contributed by atoms with Crippen LogP contribution in [0.1, 0.15) is 47.4 Å². The van der Waals surface area contributed by atoms with Gasteiger partial charge >= 0.3 is 0 Å². The van der Waals surface area contributed by atoms with Gasteiger partial charge in [-0.3, -0.25) is 4.79 Å². The third kappa shape index (κ3) is 2.90. The molecule has 4 rings (SSSR count). The molecule has 1 aromatic carbocycles. The van der Waals surface area contributed by atoms with Crippen LogP contribution in [-0.4, -0.2) is 10.9 Å². The Balaban J connectivity index is 1.31. The molecule has 2 aliphatic carbocycles. The number of rotatable bonds is 5. The topological polar surface area (TPSA) is 42.0 Å². The van der Waals surface area contributed by atoms with Crippen LogP contribution >= 0.6 is 11.3 Å². The van der Waals surface area contributed by atoms with Gasteiger partial charge in [0.25, 0.3) is 0 Å². The Morgan fingerprint density at radius 2 is 2.27 bits per heavy atom. The summed E-state index contributed by atoms with van der Waals surface area (Å²) in [6.45, 7) is 0.494. The van der Waals surface area contributed by atoms with E-state index >= 15 is 0 Å². The normalized spacial score (nSPS) is 23.3. The van der Waals surface area contributed by atoms with E-state index in [0.29, 0.717) is 12.5 Å². The van der Waals surface area contributed by atoms with Crippen molar-refractivity contribution in [2.45, 2.75) is 37.6 Å². The SMILES string of the molecule is O=C(NCc1csc(C2CC2)n1)C1CC1c1cccc(F)c1. The molecule has 0 saturated heterocycles. The highest BCUT2D eigenvalue weighted by Gasteiger charge is 2.43. The van der Waals surface area contributed by atoms with Gasteiger partial charge in [-0.25, -0.2) is 9.37 Å². The highest BCUT2D eigenvalue weighted by Crippen LogP contribution is 2.47. The predicted octanol–water partition coefficient (Wildman–Crippen LogP) is 3.58. The fourth-order valence-electron chi connectivity index (χ4n) is 2.82. The van der Waals surface area contributed by atoms with Gasteiger partial charge < -0.3 is 5.32 Å². The van der Waals surface area contributed by atoms with Crippen molar-refractivity contribution in [1.29, 1.82) is 0 Å². The fraction of sp³-hybridized carbons (Fsp3) is 0.412. The second-order valence-electron chi connectivity index (χ2n) is 6.17. The smallest absolute Gasteiger partial charge is 0.224 e. The molecule has 2 unspecified atom stereocenters. The van der Waals surface area contributed by atoms with Gasteiger partial charge in [0.1, 0.15) is 5.82 Å². The molecule has 2 saturated carbocycles. The number of carbonyl (C=O) groups is 1. The molecule has 0 radical (unpaired) electrons. The van der Waals surface area contributed by atoms with Crippen molar-refractivity contribution in [3.63, 3.8) is 0 Å². The minimum absolute atomic E-state index is 0.0247. The number of hydrogen-bond donors (Lipinski definition) is 1. The van der Waals surface area contributed by atoms with Crippen molar-refractivity contribution >= 4 is 17.2 Å². The van der Waals surface area contributed by atoms with Crippen molar-refractivity contribution in [3.8, 4) is 0 Å². The lowest BCUT2D eigenvalue weighted by Crippen LogP contribution is -2.25. The van der Waals surface area contributed by atoms with E-state index in [9.17, 15) is 9.18 Å². The van der Waals surface area contributed by atoms with Gasteiger partial charge in [-0.1, -0.05) is 12.1 Å². The third-order valence-corrected chi connectivity index (χ3v) is 5.40. The molecule has 1 N–H and O–H groups in total. The number of hydrogen-bond acceptors (Lipinski definition) is 3. The highest BCUT2D eigenvalue weighted by atomic mass is 32.1. The Hall–Kier alpha value is -1.75. The summed E-state index contributed by atoms with van der Waals surface area (Å²) >= 11 is 1.69. The summed E-state index contributed by atoms with van der Waals surface area (Å²) in [4.78, 5) is 16.7. The molecule has 0 spiro atoms. The molecule has 1 amide bonds. The number of benzene rings is 1. The summed E-state index contributed by atoms with van der Waals surface area (Å²) in [6.07, 6.45) is 3.30. The van der Waals surface area contributed by atoms with E-state index in [4.69, 9.17) is 0 Å². The van der Waals surface area contributed by atoms with E-state index in [2.05, 4.69) is 10.3 Å². The van der Waals surface area contributed by atoms with Crippen LogP contribution in [0.5, 0.6) is 0 Å². The second-order valence-corrected chi connectivity index (χ2v) is 7.06. The average molecular weight is 316 g/mol. The molecule has 2 atom stereocenters. The van der Waals surface area contributed by atoms with Crippen LogP contribution in [-0.2, 0) is 11.3 Å². The van der Waals surface area contributed by atoms with E-state index in [1.807, 2.05) is 11.4 Å². The van der Waals surface area contributed by atoms with Crippen LogP contribution in [0.3, 0.4) is 0 Å². The average Bonchev–Trinajstić information content (AvgIpc) is 3.43. The largest absolute Gasteiger partial charge is 0.350 e. The molecule has 1 heterocycles. The van der Waals surface area contributed by atoms with E-state index in [0.717, 1.165) is 17.7 Å². The molecule has 114 valence electrons. The second kappa shape index (κ2) is 5.47. The molecule has 2 fully saturated rings. The monoisotopic (exact) mass is 316 g/mol. The maximum Gasteiger partial charge on any atom is 0.224 e. The predicted molar refractivity (Wildman–Crippen MR) is 83.2 cm³/mol. The van der Waals surface area contributed by atoms with Gasteiger partial charge in [0.2, 0.25) is 5.91 Å². The lowest BCUT2D eigenvalue weighted by atomic mass is 10.1. The zero-order valence-electron chi connectivity index (χ0n) is 12.1. The van der Waals surface area contributed by atoms with Crippen molar-refractivity contribution in [1.82, 2.24) is 10.3 Å². The van der Waals surface area contributed by atoms with Crippen molar-refractivity contribution in [3.05, 3.63) is 51.7 Å². The number of halogens is 1. The van der Waals surface area contributed by atoms with E-state index in [1.54, 1.807) is 17.4 Å².